The molecule has 0 aliphatic heterocycles. The summed E-state index contributed by atoms with van der Waals surface area (Å²) < 4.78 is 45.6. The molecule has 19 heavy (non-hydrogen) atoms. The monoisotopic (exact) mass is 278 g/mol. The molecule has 4 nitrogen and oxygen atoms in total. The first-order chi connectivity index (χ1) is 8.91. The van der Waals surface area contributed by atoms with Crippen molar-refractivity contribution in [3.63, 3.8) is 0 Å². The van der Waals surface area contributed by atoms with Crippen molar-refractivity contribution in [2.75, 3.05) is 7.11 Å². The van der Waals surface area contributed by atoms with Crippen LogP contribution in [0.1, 0.15) is 24.9 Å². The van der Waals surface area contributed by atoms with Crippen LogP contribution in [0.15, 0.2) is 24.3 Å². The molecule has 0 heterocycles. The van der Waals surface area contributed by atoms with Crippen LogP contribution in [0.2, 0.25) is 0 Å². The number of halogens is 3. The fourth-order valence-electron chi connectivity index (χ4n) is 1.86. The van der Waals surface area contributed by atoms with E-state index in [0.717, 1.165) is 0 Å². The maximum absolute atomic E-state index is 12.2. The molecular weight excluding hydrogens is 261 g/mol. The Bertz CT molecular complexity index is 395. The molecule has 2 atom stereocenters. The highest BCUT2D eigenvalue weighted by molar-refractivity contribution is 5.31. The van der Waals surface area contributed by atoms with E-state index in [4.69, 9.17) is 10.6 Å². The van der Waals surface area contributed by atoms with Crippen LogP contribution >= 0.6 is 0 Å². The van der Waals surface area contributed by atoms with Crippen molar-refractivity contribution in [2.24, 2.45) is 5.84 Å². The molecular formula is C12H17F3N2O2. The number of alkyl halides is 3. The lowest BCUT2D eigenvalue weighted by molar-refractivity contribution is -0.274. The zero-order valence-electron chi connectivity index (χ0n) is 10.7. The molecule has 0 bridgehead atoms. The van der Waals surface area contributed by atoms with Gasteiger partial charge >= 0.3 is 6.36 Å². The average Bonchev–Trinajstić information content (AvgIpc) is 2.34. The van der Waals surface area contributed by atoms with Crippen LogP contribution in [0, 0.1) is 0 Å². The van der Waals surface area contributed by atoms with Crippen LogP contribution in [0.4, 0.5) is 13.2 Å². The molecule has 0 fully saturated rings. The molecule has 0 radical (unpaired) electrons. The van der Waals surface area contributed by atoms with E-state index in [1.165, 1.54) is 25.3 Å². The van der Waals surface area contributed by atoms with E-state index in [1.54, 1.807) is 6.07 Å². The standard InChI is InChI=1S/C12H17F3N2O2/c1-3-10(18-2)11(17-16)8-5-4-6-9(7-8)19-12(13,14)15/h4-7,10-11,17H,3,16H2,1-2H3. The summed E-state index contributed by atoms with van der Waals surface area (Å²) in [6, 6.07) is 5.25. The van der Waals surface area contributed by atoms with Gasteiger partial charge in [-0.05, 0) is 24.1 Å². The third-order valence-corrected chi connectivity index (χ3v) is 2.71. The molecule has 0 spiro atoms. The highest BCUT2D eigenvalue weighted by Crippen LogP contribution is 2.27. The molecule has 1 rings (SSSR count). The fraction of sp³-hybridized carbons (Fsp3) is 0.500. The van der Waals surface area contributed by atoms with Gasteiger partial charge in [-0.3, -0.25) is 11.3 Å². The Morgan fingerprint density at radius 2 is 2.05 bits per heavy atom. The van der Waals surface area contributed by atoms with Gasteiger partial charge in [0.05, 0.1) is 12.1 Å². The van der Waals surface area contributed by atoms with Crippen molar-refractivity contribution in [3.05, 3.63) is 29.8 Å². The largest absolute Gasteiger partial charge is 0.573 e. The van der Waals surface area contributed by atoms with Gasteiger partial charge in [-0.25, -0.2) is 0 Å². The van der Waals surface area contributed by atoms with Crippen molar-refractivity contribution in [2.45, 2.75) is 31.9 Å². The molecule has 0 aliphatic rings. The van der Waals surface area contributed by atoms with Crippen LogP contribution in [-0.4, -0.2) is 19.6 Å². The number of hydrogen-bond donors (Lipinski definition) is 2. The quantitative estimate of drug-likeness (QED) is 0.620. The predicted octanol–water partition coefficient (Wildman–Crippen LogP) is 2.51. The number of nitrogens with one attached hydrogen (secondary N) is 1. The number of hydrogen-bond acceptors (Lipinski definition) is 4. The summed E-state index contributed by atoms with van der Waals surface area (Å²) >= 11 is 0. The van der Waals surface area contributed by atoms with Gasteiger partial charge in [-0.15, -0.1) is 13.2 Å². The Hall–Kier alpha value is -1.31. The number of rotatable bonds is 6. The van der Waals surface area contributed by atoms with Crippen molar-refractivity contribution in [1.82, 2.24) is 5.43 Å². The molecule has 108 valence electrons. The lowest BCUT2D eigenvalue weighted by Crippen LogP contribution is -2.37. The van der Waals surface area contributed by atoms with Gasteiger partial charge in [0.2, 0.25) is 0 Å². The lowest BCUT2D eigenvalue weighted by atomic mass is 10.00. The Morgan fingerprint density at radius 1 is 1.37 bits per heavy atom. The normalized spacial score (nSPS) is 15.1. The second-order valence-electron chi connectivity index (χ2n) is 3.95. The highest BCUT2D eigenvalue weighted by atomic mass is 19.4. The number of methoxy groups -OCH3 is 1. The Morgan fingerprint density at radius 3 is 2.53 bits per heavy atom. The maximum Gasteiger partial charge on any atom is 0.573 e. The molecule has 0 amide bonds. The summed E-state index contributed by atoms with van der Waals surface area (Å²) in [5.41, 5.74) is 3.12. The van der Waals surface area contributed by atoms with Crippen molar-refractivity contribution >= 4 is 0 Å². The van der Waals surface area contributed by atoms with Gasteiger partial charge in [0.1, 0.15) is 5.75 Å². The van der Waals surface area contributed by atoms with Crippen molar-refractivity contribution in [3.8, 4) is 5.75 Å². The van der Waals surface area contributed by atoms with Crippen LogP contribution < -0.4 is 16.0 Å². The van der Waals surface area contributed by atoms with E-state index in [-0.39, 0.29) is 11.9 Å². The summed E-state index contributed by atoms with van der Waals surface area (Å²) in [7, 11) is 1.52. The number of hydrazine groups is 1. The summed E-state index contributed by atoms with van der Waals surface area (Å²) in [6.45, 7) is 1.90. The number of ether oxygens (including phenoxy) is 2. The van der Waals surface area contributed by atoms with Gasteiger partial charge in [0.15, 0.2) is 0 Å². The van der Waals surface area contributed by atoms with Crippen LogP contribution in [-0.2, 0) is 4.74 Å². The van der Waals surface area contributed by atoms with E-state index < -0.39 is 12.4 Å². The number of nitrogens with two attached hydrogens (primary N) is 1. The maximum atomic E-state index is 12.2. The molecule has 0 aliphatic carbocycles. The molecule has 1 aromatic rings. The zero-order valence-corrected chi connectivity index (χ0v) is 10.7. The second-order valence-corrected chi connectivity index (χ2v) is 3.95. The Kier molecular flexibility index (Phi) is 5.59. The van der Waals surface area contributed by atoms with E-state index in [1.807, 2.05) is 6.92 Å². The topological polar surface area (TPSA) is 56.5 Å². The molecule has 0 saturated carbocycles. The highest BCUT2D eigenvalue weighted by Gasteiger charge is 2.31. The lowest BCUT2D eigenvalue weighted by Gasteiger charge is -2.25. The molecule has 2 unspecified atom stereocenters. The first kappa shape index (κ1) is 15.7. The summed E-state index contributed by atoms with van der Waals surface area (Å²) in [4.78, 5) is 0. The minimum atomic E-state index is -4.71. The third-order valence-electron chi connectivity index (χ3n) is 2.71. The van der Waals surface area contributed by atoms with Gasteiger partial charge in [-0.1, -0.05) is 19.1 Å². The first-order valence-electron chi connectivity index (χ1n) is 5.76. The Balaban J connectivity index is 2.96. The smallest absolute Gasteiger partial charge is 0.406 e. The van der Waals surface area contributed by atoms with Crippen LogP contribution in [0.5, 0.6) is 5.75 Å². The molecule has 1 aromatic carbocycles. The average molecular weight is 278 g/mol. The van der Waals surface area contributed by atoms with Gasteiger partial charge < -0.3 is 9.47 Å². The molecule has 0 aromatic heterocycles. The van der Waals surface area contributed by atoms with Crippen molar-refractivity contribution < 1.29 is 22.6 Å². The first-order valence-corrected chi connectivity index (χ1v) is 5.76. The van der Waals surface area contributed by atoms with Gasteiger partial charge in [0, 0.05) is 7.11 Å². The summed E-state index contributed by atoms with van der Waals surface area (Å²) in [5.74, 6) is 5.16. The predicted molar refractivity (Wildman–Crippen MR) is 64.3 cm³/mol. The third kappa shape index (κ3) is 4.70. The van der Waals surface area contributed by atoms with Crippen LogP contribution in [0.25, 0.3) is 0 Å². The van der Waals surface area contributed by atoms with Gasteiger partial charge in [0.25, 0.3) is 0 Å². The van der Waals surface area contributed by atoms with E-state index in [9.17, 15) is 13.2 Å². The molecule has 0 saturated heterocycles. The molecule has 7 heteroatoms. The van der Waals surface area contributed by atoms with E-state index >= 15 is 0 Å². The number of benzene rings is 1. The second kappa shape index (κ2) is 6.74. The summed E-state index contributed by atoms with van der Waals surface area (Å²) in [6.07, 6.45) is -4.29. The minimum absolute atomic E-state index is 0.244. The summed E-state index contributed by atoms with van der Waals surface area (Å²) in [5, 5.41) is 0. The van der Waals surface area contributed by atoms with E-state index in [0.29, 0.717) is 12.0 Å². The SMILES string of the molecule is CCC(OC)C(NN)c1cccc(OC(F)(F)F)c1. The minimum Gasteiger partial charge on any atom is -0.406 e. The van der Waals surface area contributed by atoms with Gasteiger partial charge in [-0.2, -0.15) is 0 Å². The zero-order chi connectivity index (χ0) is 14.5. The fourth-order valence-corrected chi connectivity index (χ4v) is 1.86. The molecule has 3 N–H and O–H groups in total. The van der Waals surface area contributed by atoms with E-state index in [2.05, 4.69) is 10.2 Å². The Labute approximate surface area is 109 Å². The van der Waals surface area contributed by atoms with Crippen LogP contribution in [0.3, 0.4) is 0 Å². The van der Waals surface area contributed by atoms with Crippen molar-refractivity contribution in [1.29, 1.82) is 0 Å².